The zero-order valence-corrected chi connectivity index (χ0v) is 14.4. The second-order valence-corrected chi connectivity index (χ2v) is 6.62. The van der Waals surface area contributed by atoms with Crippen LogP contribution in [0.2, 0.25) is 0 Å². The van der Waals surface area contributed by atoms with Crippen molar-refractivity contribution in [3.63, 3.8) is 0 Å². The van der Waals surface area contributed by atoms with E-state index in [2.05, 4.69) is 43.3 Å². The van der Waals surface area contributed by atoms with E-state index in [1.807, 2.05) is 29.8 Å². The van der Waals surface area contributed by atoms with E-state index in [-0.39, 0.29) is 0 Å². The minimum Gasteiger partial charge on any atom is -0.356 e. The summed E-state index contributed by atoms with van der Waals surface area (Å²) < 4.78 is 2.02. The summed E-state index contributed by atoms with van der Waals surface area (Å²) in [6, 6.07) is 12.4. The predicted molar refractivity (Wildman–Crippen MR) is 97.1 cm³/mol. The third kappa shape index (κ3) is 3.52. The topological polar surface area (TPSA) is 59.7 Å². The van der Waals surface area contributed by atoms with Gasteiger partial charge in [0.1, 0.15) is 24.3 Å². The Morgan fingerprint density at radius 1 is 1.08 bits per heavy atom. The van der Waals surface area contributed by atoms with Crippen LogP contribution < -0.4 is 4.90 Å². The van der Waals surface area contributed by atoms with Crippen molar-refractivity contribution in [1.82, 2.24) is 24.7 Å². The fraction of sp³-hybridized carbons (Fsp3) is 0.368. The smallest absolute Gasteiger partial charge is 0.132 e. The van der Waals surface area contributed by atoms with Crippen LogP contribution in [-0.2, 0) is 13.5 Å². The van der Waals surface area contributed by atoms with Crippen LogP contribution in [0.5, 0.6) is 0 Å². The van der Waals surface area contributed by atoms with Crippen molar-refractivity contribution in [3.05, 3.63) is 54.9 Å². The van der Waals surface area contributed by atoms with Gasteiger partial charge in [-0.25, -0.2) is 9.97 Å². The van der Waals surface area contributed by atoms with Crippen LogP contribution in [0.3, 0.4) is 0 Å². The lowest BCUT2D eigenvalue weighted by Gasteiger charge is -2.32. The Labute approximate surface area is 147 Å². The molecule has 0 radical (unpaired) electrons. The maximum atomic E-state index is 4.49. The molecule has 0 N–H and O–H groups in total. The van der Waals surface area contributed by atoms with Crippen LogP contribution in [0.4, 0.5) is 5.82 Å². The maximum absolute atomic E-state index is 4.49. The molecule has 6 heteroatoms. The number of anilines is 1. The summed E-state index contributed by atoms with van der Waals surface area (Å²) in [6.45, 7) is 2.04. The molecule has 0 saturated carbocycles. The first-order valence-corrected chi connectivity index (χ1v) is 8.75. The van der Waals surface area contributed by atoms with Crippen LogP contribution in [0.1, 0.15) is 18.7 Å². The molecule has 4 rings (SSSR count). The molecular weight excluding hydrogens is 312 g/mol. The van der Waals surface area contributed by atoms with Gasteiger partial charge in [0.25, 0.3) is 0 Å². The Hall–Kier alpha value is -2.76. The van der Waals surface area contributed by atoms with Crippen molar-refractivity contribution in [2.24, 2.45) is 13.0 Å². The molecule has 1 fully saturated rings. The molecule has 0 unspecified atom stereocenters. The van der Waals surface area contributed by atoms with Gasteiger partial charge in [-0.2, -0.15) is 0 Å². The molecule has 1 saturated heterocycles. The fourth-order valence-corrected chi connectivity index (χ4v) is 3.40. The first kappa shape index (κ1) is 15.7. The van der Waals surface area contributed by atoms with E-state index in [4.69, 9.17) is 0 Å². The third-order valence-corrected chi connectivity index (χ3v) is 4.94. The van der Waals surface area contributed by atoms with Crippen LogP contribution in [0.15, 0.2) is 49.1 Å². The number of hydrogen-bond acceptors (Lipinski definition) is 5. The number of aryl methyl sites for hydroxylation is 1. The van der Waals surface area contributed by atoms with E-state index in [0.29, 0.717) is 5.92 Å². The van der Waals surface area contributed by atoms with Gasteiger partial charge in [-0.15, -0.1) is 10.2 Å². The number of benzene rings is 1. The van der Waals surface area contributed by atoms with Crippen LogP contribution in [0, 0.1) is 5.92 Å². The quantitative estimate of drug-likeness (QED) is 0.734. The lowest BCUT2D eigenvalue weighted by atomic mass is 9.93. The SMILES string of the molecule is Cn1cnnc1CC1CCN(c2cc(-c3ccccc3)ncn2)CC1. The summed E-state index contributed by atoms with van der Waals surface area (Å²) in [5, 5.41) is 8.18. The van der Waals surface area contributed by atoms with Crippen LogP contribution in [-0.4, -0.2) is 37.8 Å². The molecular formula is C19H22N6. The minimum absolute atomic E-state index is 0.662. The summed E-state index contributed by atoms with van der Waals surface area (Å²) >= 11 is 0. The Bertz CT molecular complexity index is 821. The van der Waals surface area contributed by atoms with Crippen LogP contribution in [0.25, 0.3) is 11.3 Å². The predicted octanol–water partition coefficient (Wildman–Crippen LogP) is 2.73. The van der Waals surface area contributed by atoms with Gasteiger partial charge in [0.15, 0.2) is 0 Å². The highest BCUT2D eigenvalue weighted by atomic mass is 15.2. The zero-order chi connectivity index (χ0) is 17.1. The number of nitrogens with zero attached hydrogens (tertiary/aromatic N) is 6. The largest absolute Gasteiger partial charge is 0.356 e. The highest BCUT2D eigenvalue weighted by Gasteiger charge is 2.22. The molecule has 0 atom stereocenters. The second-order valence-electron chi connectivity index (χ2n) is 6.62. The molecule has 3 heterocycles. The molecule has 3 aromatic rings. The average Bonchev–Trinajstić information content (AvgIpc) is 3.08. The second kappa shape index (κ2) is 7.01. The molecule has 0 bridgehead atoms. The zero-order valence-electron chi connectivity index (χ0n) is 14.4. The highest BCUT2D eigenvalue weighted by molar-refractivity contribution is 5.62. The summed E-state index contributed by atoms with van der Waals surface area (Å²) in [6.07, 6.45) is 6.75. The molecule has 0 spiro atoms. The van der Waals surface area contributed by atoms with E-state index >= 15 is 0 Å². The van der Waals surface area contributed by atoms with Gasteiger partial charge in [-0.3, -0.25) is 0 Å². The minimum atomic E-state index is 0.662. The monoisotopic (exact) mass is 334 g/mol. The summed E-state index contributed by atoms with van der Waals surface area (Å²) in [5.74, 6) is 2.76. The standard InChI is InChI=1S/C19H22N6/c1-24-14-22-23-19(24)11-15-7-9-25(10-8-15)18-12-17(20-13-21-18)16-5-3-2-4-6-16/h2-6,12-15H,7-11H2,1H3. The number of aromatic nitrogens is 5. The van der Waals surface area contributed by atoms with E-state index in [1.54, 1.807) is 12.7 Å². The van der Waals surface area contributed by atoms with Crippen molar-refractivity contribution in [2.45, 2.75) is 19.3 Å². The number of piperidine rings is 1. The number of hydrogen-bond donors (Lipinski definition) is 0. The highest BCUT2D eigenvalue weighted by Crippen LogP contribution is 2.26. The fourth-order valence-electron chi connectivity index (χ4n) is 3.40. The lowest BCUT2D eigenvalue weighted by molar-refractivity contribution is 0.392. The molecule has 6 nitrogen and oxygen atoms in total. The summed E-state index contributed by atoms with van der Waals surface area (Å²) in [4.78, 5) is 11.3. The average molecular weight is 334 g/mol. The summed E-state index contributed by atoms with van der Waals surface area (Å²) in [7, 11) is 2.01. The first-order chi connectivity index (χ1) is 12.3. The molecule has 25 heavy (non-hydrogen) atoms. The van der Waals surface area contributed by atoms with Crippen molar-refractivity contribution in [1.29, 1.82) is 0 Å². The molecule has 1 aliphatic heterocycles. The Kier molecular flexibility index (Phi) is 4.41. The Morgan fingerprint density at radius 2 is 1.88 bits per heavy atom. The van der Waals surface area contributed by atoms with Gasteiger partial charge in [0.05, 0.1) is 5.69 Å². The number of rotatable bonds is 4. The Morgan fingerprint density at radius 3 is 2.60 bits per heavy atom. The Balaban J connectivity index is 1.42. The van der Waals surface area contributed by atoms with Gasteiger partial charge in [0.2, 0.25) is 0 Å². The molecule has 128 valence electrons. The molecule has 0 aliphatic carbocycles. The van der Waals surface area contributed by atoms with Gasteiger partial charge >= 0.3 is 0 Å². The van der Waals surface area contributed by atoms with Gasteiger partial charge in [-0.05, 0) is 18.8 Å². The van der Waals surface area contributed by atoms with E-state index in [9.17, 15) is 0 Å². The third-order valence-electron chi connectivity index (χ3n) is 4.94. The van der Waals surface area contributed by atoms with E-state index < -0.39 is 0 Å². The molecule has 2 aromatic heterocycles. The van der Waals surface area contributed by atoms with Crippen molar-refractivity contribution in [3.8, 4) is 11.3 Å². The molecule has 1 aromatic carbocycles. The van der Waals surface area contributed by atoms with Crippen molar-refractivity contribution < 1.29 is 0 Å². The van der Waals surface area contributed by atoms with E-state index in [1.165, 1.54) is 0 Å². The maximum Gasteiger partial charge on any atom is 0.132 e. The van der Waals surface area contributed by atoms with Gasteiger partial charge in [0, 0.05) is 38.2 Å². The van der Waals surface area contributed by atoms with Crippen LogP contribution >= 0.6 is 0 Å². The first-order valence-electron chi connectivity index (χ1n) is 8.75. The summed E-state index contributed by atoms with van der Waals surface area (Å²) in [5.41, 5.74) is 2.11. The van der Waals surface area contributed by atoms with E-state index in [0.717, 1.165) is 55.3 Å². The van der Waals surface area contributed by atoms with Gasteiger partial charge in [-0.1, -0.05) is 30.3 Å². The molecule has 0 amide bonds. The lowest BCUT2D eigenvalue weighted by Crippen LogP contribution is -2.35. The van der Waals surface area contributed by atoms with Crippen molar-refractivity contribution >= 4 is 5.82 Å². The normalized spacial score (nSPS) is 15.5. The molecule has 1 aliphatic rings. The van der Waals surface area contributed by atoms with Crippen molar-refractivity contribution in [2.75, 3.05) is 18.0 Å². The van der Waals surface area contributed by atoms with Gasteiger partial charge < -0.3 is 9.47 Å².